The molecule has 8 heteroatoms. The third-order valence-electron chi connectivity index (χ3n) is 2.29. The average molecular weight is 348 g/mol. The molecule has 0 N–H and O–H groups in total. The molecular weight excluding hydrogens is 343 g/mol. The highest BCUT2D eigenvalue weighted by Crippen LogP contribution is 2.36. The fraction of sp³-hybridized carbons (Fsp3) is 0. The van der Waals surface area contributed by atoms with E-state index in [0.717, 1.165) is 6.07 Å². The lowest BCUT2D eigenvalue weighted by atomic mass is 10.2. The SMILES string of the molecule is O=[N+]([O-])c1c(F)cc(F)cc1Oc1cc(Br)ccc1F. The highest BCUT2D eigenvalue weighted by molar-refractivity contribution is 9.10. The zero-order valence-corrected chi connectivity index (χ0v) is 11.2. The monoisotopic (exact) mass is 347 g/mol. The van der Waals surface area contributed by atoms with E-state index in [2.05, 4.69) is 15.9 Å². The van der Waals surface area contributed by atoms with Crippen LogP contribution >= 0.6 is 15.9 Å². The number of rotatable bonds is 3. The van der Waals surface area contributed by atoms with Gasteiger partial charge in [-0.3, -0.25) is 10.1 Å². The Labute approximate surface area is 119 Å². The number of halogens is 4. The van der Waals surface area contributed by atoms with Gasteiger partial charge in [-0.25, -0.2) is 8.78 Å². The molecule has 0 fully saturated rings. The van der Waals surface area contributed by atoms with Crippen LogP contribution in [-0.2, 0) is 0 Å². The Morgan fingerprint density at radius 1 is 1.05 bits per heavy atom. The van der Waals surface area contributed by atoms with E-state index in [0.29, 0.717) is 16.6 Å². The Balaban J connectivity index is 2.53. The second-order valence-electron chi connectivity index (χ2n) is 3.67. The van der Waals surface area contributed by atoms with E-state index in [1.54, 1.807) is 0 Å². The van der Waals surface area contributed by atoms with E-state index in [9.17, 15) is 23.3 Å². The molecule has 104 valence electrons. The molecule has 0 spiro atoms. The summed E-state index contributed by atoms with van der Waals surface area (Å²) in [6.45, 7) is 0. The van der Waals surface area contributed by atoms with E-state index in [1.165, 1.54) is 12.1 Å². The molecule has 0 saturated heterocycles. The van der Waals surface area contributed by atoms with E-state index < -0.39 is 39.6 Å². The summed E-state index contributed by atoms with van der Waals surface area (Å²) in [6, 6.07) is 4.56. The molecule has 0 aliphatic heterocycles. The Kier molecular flexibility index (Phi) is 3.93. The van der Waals surface area contributed by atoms with Crippen molar-refractivity contribution < 1.29 is 22.8 Å². The Morgan fingerprint density at radius 2 is 1.75 bits per heavy atom. The fourth-order valence-corrected chi connectivity index (χ4v) is 1.81. The lowest BCUT2D eigenvalue weighted by Crippen LogP contribution is -1.99. The highest BCUT2D eigenvalue weighted by Gasteiger charge is 2.24. The maximum atomic E-state index is 13.5. The van der Waals surface area contributed by atoms with Crippen molar-refractivity contribution in [3.63, 3.8) is 0 Å². The molecule has 0 amide bonds. The minimum absolute atomic E-state index is 0.349. The standard InChI is InChI=1S/C12H5BrF3NO3/c13-6-1-2-8(15)10(3-6)20-11-5-7(14)4-9(16)12(11)17(18)19/h1-5H. The summed E-state index contributed by atoms with van der Waals surface area (Å²) in [5.41, 5.74) is -1.06. The molecule has 0 unspecified atom stereocenters. The second-order valence-corrected chi connectivity index (χ2v) is 4.58. The molecule has 2 rings (SSSR count). The lowest BCUT2D eigenvalue weighted by Gasteiger charge is -2.08. The lowest BCUT2D eigenvalue weighted by molar-refractivity contribution is -0.388. The first-order valence-corrected chi connectivity index (χ1v) is 5.94. The van der Waals surface area contributed by atoms with Crippen LogP contribution in [0.15, 0.2) is 34.8 Å². The van der Waals surface area contributed by atoms with Crippen molar-refractivity contribution in [1.82, 2.24) is 0 Å². The number of benzene rings is 2. The molecule has 2 aromatic carbocycles. The van der Waals surface area contributed by atoms with E-state index in [-0.39, 0.29) is 0 Å². The molecule has 0 saturated carbocycles. The number of ether oxygens (including phenoxy) is 1. The third kappa shape index (κ3) is 2.90. The summed E-state index contributed by atoms with van der Waals surface area (Å²) < 4.78 is 45.3. The normalized spacial score (nSPS) is 10.4. The van der Waals surface area contributed by atoms with Crippen molar-refractivity contribution in [2.45, 2.75) is 0 Å². The molecule has 0 aliphatic carbocycles. The predicted octanol–water partition coefficient (Wildman–Crippen LogP) is 4.57. The Hall–Kier alpha value is -2.09. The quantitative estimate of drug-likeness (QED) is 0.603. The molecule has 0 atom stereocenters. The Bertz CT molecular complexity index is 694. The summed E-state index contributed by atoms with van der Waals surface area (Å²) in [7, 11) is 0. The van der Waals surface area contributed by atoms with Crippen molar-refractivity contribution in [3.05, 3.63) is 62.4 Å². The molecule has 0 aromatic heterocycles. The van der Waals surface area contributed by atoms with Gasteiger partial charge in [-0.2, -0.15) is 4.39 Å². The van der Waals surface area contributed by atoms with Crippen molar-refractivity contribution in [3.8, 4) is 11.5 Å². The van der Waals surface area contributed by atoms with Gasteiger partial charge in [-0.1, -0.05) is 15.9 Å². The van der Waals surface area contributed by atoms with Gasteiger partial charge in [-0.05, 0) is 18.2 Å². The average Bonchev–Trinajstić information content (AvgIpc) is 2.32. The number of nitro benzene ring substituents is 1. The minimum Gasteiger partial charge on any atom is -0.447 e. The van der Waals surface area contributed by atoms with Crippen LogP contribution in [0, 0.1) is 27.6 Å². The number of nitro groups is 1. The Morgan fingerprint density at radius 3 is 2.40 bits per heavy atom. The minimum atomic E-state index is -1.40. The number of hydrogen-bond donors (Lipinski definition) is 0. The first-order valence-electron chi connectivity index (χ1n) is 5.15. The van der Waals surface area contributed by atoms with Crippen LogP contribution in [-0.4, -0.2) is 4.92 Å². The first-order chi connectivity index (χ1) is 9.38. The topological polar surface area (TPSA) is 52.4 Å². The van der Waals surface area contributed by atoms with Crippen LogP contribution < -0.4 is 4.74 Å². The van der Waals surface area contributed by atoms with E-state index >= 15 is 0 Å². The van der Waals surface area contributed by atoms with Crippen LogP contribution in [0.3, 0.4) is 0 Å². The van der Waals surface area contributed by atoms with Gasteiger partial charge >= 0.3 is 5.69 Å². The largest absolute Gasteiger partial charge is 0.447 e. The van der Waals surface area contributed by atoms with Crippen molar-refractivity contribution in [2.75, 3.05) is 0 Å². The summed E-state index contributed by atoms with van der Waals surface area (Å²) >= 11 is 3.06. The molecule has 0 radical (unpaired) electrons. The van der Waals surface area contributed by atoms with Crippen molar-refractivity contribution in [2.24, 2.45) is 0 Å². The van der Waals surface area contributed by atoms with Gasteiger partial charge in [0.1, 0.15) is 5.82 Å². The van der Waals surface area contributed by atoms with Crippen molar-refractivity contribution in [1.29, 1.82) is 0 Å². The van der Waals surface area contributed by atoms with E-state index in [4.69, 9.17) is 4.74 Å². The molecule has 0 aliphatic rings. The molecule has 0 heterocycles. The third-order valence-corrected chi connectivity index (χ3v) is 2.78. The number of nitrogens with zero attached hydrogens (tertiary/aromatic N) is 1. The second kappa shape index (κ2) is 5.49. The maximum Gasteiger partial charge on any atom is 0.347 e. The highest BCUT2D eigenvalue weighted by atomic mass is 79.9. The smallest absolute Gasteiger partial charge is 0.347 e. The van der Waals surface area contributed by atoms with Crippen LogP contribution in [0.2, 0.25) is 0 Å². The van der Waals surface area contributed by atoms with Gasteiger partial charge in [0.2, 0.25) is 11.6 Å². The molecule has 2 aromatic rings. The van der Waals surface area contributed by atoms with Gasteiger partial charge in [0.05, 0.1) is 4.92 Å². The zero-order valence-electron chi connectivity index (χ0n) is 9.57. The number of hydrogen-bond acceptors (Lipinski definition) is 3. The van der Waals surface area contributed by atoms with Crippen LogP contribution in [0.4, 0.5) is 18.9 Å². The summed E-state index contributed by atoms with van der Waals surface area (Å²) in [4.78, 5) is 9.69. The fourth-order valence-electron chi connectivity index (χ4n) is 1.47. The predicted molar refractivity (Wildman–Crippen MR) is 67.2 cm³/mol. The first kappa shape index (κ1) is 14.3. The summed E-state index contributed by atoms with van der Waals surface area (Å²) in [6.07, 6.45) is 0. The van der Waals surface area contributed by atoms with Gasteiger partial charge in [-0.15, -0.1) is 0 Å². The van der Waals surface area contributed by atoms with Gasteiger partial charge in [0, 0.05) is 16.6 Å². The van der Waals surface area contributed by atoms with Crippen LogP contribution in [0.25, 0.3) is 0 Å². The maximum absolute atomic E-state index is 13.5. The summed E-state index contributed by atoms with van der Waals surface area (Å²) in [5, 5.41) is 10.8. The van der Waals surface area contributed by atoms with Crippen molar-refractivity contribution >= 4 is 21.6 Å². The molecule has 4 nitrogen and oxygen atoms in total. The summed E-state index contributed by atoms with van der Waals surface area (Å²) in [5.74, 6) is -4.41. The molecule has 20 heavy (non-hydrogen) atoms. The molecule has 0 bridgehead atoms. The van der Waals surface area contributed by atoms with Gasteiger partial charge in [0.25, 0.3) is 0 Å². The molecular formula is C12H5BrF3NO3. The van der Waals surface area contributed by atoms with Crippen LogP contribution in [0.5, 0.6) is 11.5 Å². The van der Waals surface area contributed by atoms with Gasteiger partial charge in [0.15, 0.2) is 11.6 Å². The zero-order chi connectivity index (χ0) is 14.9. The van der Waals surface area contributed by atoms with Crippen LogP contribution in [0.1, 0.15) is 0 Å². The van der Waals surface area contributed by atoms with Gasteiger partial charge < -0.3 is 4.74 Å². The van der Waals surface area contributed by atoms with E-state index in [1.807, 2.05) is 0 Å².